The van der Waals surface area contributed by atoms with Crippen molar-refractivity contribution in [1.29, 1.82) is 0 Å². The minimum atomic E-state index is -0.604. The monoisotopic (exact) mass is 670 g/mol. The van der Waals surface area contributed by atoms with E-state index in [0.717, 1.165) is 22.0 Å². The van der Waals surface area contributed by atoms with E-state index < -0.39 is 17.7 Å². The summed E-state index contributed by atoms with van der Waals surface area (Å²) in [5.41, 5.74) is 7.35. The fraction of sp³-hybridized carbons (Fsp3) is 0.306. The Labute approximate surface area is 284 Å². The highest BCUT2D eigenvalue weighted by Crippen LogP contribution is 2.47. The van der Waals surface area contributed by atoms with Gasteiger partial charge >= 0.3 is 6.03 Å². The molecule has 11 nitrogen and oxygen atoms in total. The van der Waals surface area contributed by atoms with E-state index in [1.165, 1.54) is 0 Å². The van der Waals surface area contributed by atoms with E-state index in [-0.39, 0.29) is 30.7 Å². The fourth-order valence-corrected chi connectivity index (χ4v) is 6.09. The topological polar surface area (TPSA) is 150 Å². The molecule has 1 aromatic heterocycles. The maximum atomic E-state index is 14.7. The van der Waals surface area contributed by atoms with Gasteiger partial charge in [-0.15, -0.1) is 0 Å². The number of ketones is 1. The van der Waals surface area contributed by atoms with Gasteiger partial charge in [0.1, 0.15) is 29.8 Å². The number of aromatic amines is 1. The van der Waals surface area contributed by atoms with Crippen molar-refractivity contribution < 1.29 is 23.9 Å². The summed E-state index contributed by atoms with van der Waals surface area (Å²) in [7, 11) is 0. The third kappa shape index (κ3) is 7.21. The van der Waals surface area contributed by atoms with Gasteiger partial charge in [0.2, 0.25) is 12.3 Å². The van der Waals surface area contributed by atoms with Gasteiger partial charge in [0, 0.05) is 52.8 Å². The minimum Gasteiger partial charge on any atom is -0.487 e. The Morgan fingerprint density at radius 2 is 1.81 bits per heavy atom. The van der Waals surface area contributed by atoms with E-state index in [9.17, 15) is 14.4 Å². The number of rotatable bonds is 6. The van der Waals surface area contributed by atoms with E-state index in [1.807, 2.05) is 88.5 Å². The van der Waals surface area contributed by atoms with Gasteiger partial charge in [-0.05, 0) is 56.7 Å². The number of fused-ring (bicyclic) bond motifs is 1. The summed E-state index contributed by atoms with van der Waals surface area (Å²) >= 11 is 6.29. The first-order valence-corrected chi connectivity index (χ1v) is 16.1. The van der Waals surface area contributed by atoms with Crippen LogP contribution in [0.2, 0.25) is 5.02 Å². The number of aromatic nitrogens is 1. The Hall–Kier alpha value is -5.16. The zero-order chi connectivity index (χ0) is 34.6. The van der Waals surface area contributed by atoms with Crippen LogP contribution in [0.3, 0.4) is 0 Å². The molecule has 3 aromatic carbocycles. The second-order valence-electron chi connectivity index (χ2n) is 12.4. The number of amides is 4. The molecule has 3 heterocycles. The van der Waals surface area contributed by atoms with E-state index in [4.69, 9.17) is 26.1 Å². The molecule has 250 valence electrons. The van der Waals surface area contributed by atoms with E-state index in [1.54, 1.807) is 21.9 Å². The van der Waals surface area contributed by atoms with E-state index in [2.05, 4.69) is 16.0 Å². The van der Waals surface area contributed by atoms with Crippen LogP contribution in [0.25, 0.3) is 10.9 Å². The van der Waals surface area contributed by atoms with Crippen molar-refractivity contribution in [3.63, 3.8) is 0 Å². The molecule has 0 aliphatic carbocycles. The molecule has 1 saturated heterocycles. The maximum absolute atomic E-state index is 14.7. The van der Waals surface area contributed by atoms with E-state index in [0.29, 0.717) is 47.2 Å². The molecule has 1 fully saturated rings. The minimum absolute atomic E-state index is 0.0170. The Morgan fingerprint density at radius 3 is 2.48 bits per heavy atom. The second-order valence-corrected chi connectivity index (χ2v) is 12.9. The predicted octanol–water partition coefficient (Wildman–Crippen LogP) is 5.79. The molecule has 4 aromatic rings. The summed E-state index contributed by atoms with van der Waals surface area (Å²) in [6.45, 7) is 8.26. The van der Waals surface area contributed by atoms with Crippen molar-refractivity contribution in [2.45, 2.75) is 51.8 Å². The van der Waals surface area contributed by atoms with Gasteiger partial charge in [-0.25, -0.2) is 4.79 Å². The number of amidine groups is 1. The van der Waals surface area contributed by atoms with Crippen molar-refractivity contribution in [3.8, 4) is 5.75 Å². The van der Waals surface area contributed by atoms with Gasteiger partial charge in [0.25, 0.3) is 0 Å². The van der Waals surface area contributed by atoms with Crippen LogP contribution in [-0.2, 0) is 9.59 Å². The highest BCUT2D eigenvalue weighted by Gasteiger charge is 2.46. The molecular formula is C36H39ClN6O5. The lowest BCUT2D eigenvalue weighted by molar-refractivity contribution is -0.123. The number of hydrogen-bond donors (Lipinski definition) is 3. The molecule has 0 radical (unpaired) electrons. The number of Topliss-reactive ketones (excluding diaryl/α,β-unsaturated/α-hetero) is 1. The average Bonchev–Trinajstić information content (AvgIpc) is 3.66. The largest absolute Gasteiger partial charge is 0.487 e. The normalized spacial score (nSPS) is 17.7. The molecule has 0 bridgehead atoms. The fourth-order valence-electron chi connectivity index (χ4n) is 5.96. The number of H-pyrrole nitrogens is 1. The van der Waals surface area contributed by atoms with Crippen molar-refractivity contribution in [1.82, 2.24) is 20.1 Å². The summed E-state index contributed by atoms with van der Waals surface area (Å²) in [5.74, 6) is 0.612. The second kappa shape index (κ2) is 14.3. The molecule has 2 aliphatic rings. The van der Waals surface area contributed by atoms with Gasteiger partial charge in [-0.1, -0.05) is 54.9 Å². The van der Waals surface area contributed by atoms with Crippen LogP contribution in [-0.4, -0.2) is 70.0 Å². The molecule has 0 saturated carbocycles. The summed E-state index contributed by atoms with van der Waals surface area (Å²) < 4.78 is 6.45. The number of nitrogens with zero attached hydrogens (tertiary/aromatic N) is 3. The van der Waals surface area contributed by atoms with Crippen LogP contribution in [0.1, 0.15) is 73.2 Å². The number of benzene rings is 3. The van der Waals surface area contributed by atoms with Gasteiger partial charge in [0.05, 0.1) is 11.6 Å². The maximum Gasteiger partial charge on any atom is 0.326 e. The molecule has 4 amide bonds. The molecule has 12 heteroatoms. The number of nitrogens with one attached hydrogen (secondary N) is 2. The Bertz CT molecular complexity index is 1860. The van der Waals surface area contributed by atoms with Crippen LogP contribution in [0.5, 0.6) is 5.75 Å². The lowest BCUT2D eigenvalue weighted by Crippen LogP contribution is -2.55. The number of nitrogens with two attached hydrogens (primary N) is 1. The standard InChI is InChI=1S/C35H36ClN5O4.CH3NO/c1-5-28(42)22-12-15-25(29(18-22)45-35(2,3)4)33-39-31(21-10-13-23(36)14-11-21)32(26-19-38-27-9-7-6-8-24(26)27)41(33)34(44)40-17-16-37-30(43)20-40;2-1-3/h6-15,18-19,31-32,38H,5,16-17,20H2,1-4H3,(H,37,43);1H,(H2,2,3). The molecule has 0 spiro atoms. The van der Waals surface area contributed by atoms with Crippen LogP contribution < -0.4 is 15.8 Å². The number of carbonyl (C=O) groups excluding carboxylic acids is 4. The summed E-state index contributed by atoms with van der Waals surface area (Å²) in [4.78, 5) is 60.4. The lowest BCUT2D eigenvalue weighted by Gasteiger charge is -2.36. The number of primary amides is 1. The summed E-state index contributed by atoms with van der Waals surface area (Å²) in [6.07, 6.45) is 2.52. The highest BCUT2D eigenvalue weighted by molar-refractivity contribution is 6.30. The molecule has 2 atom stereocenters. The zero-order valence-corrected chi connectivity index (χ0v) is 28.1. The number of hydrogen-bond acceptors (Lipinski definition) is 6. The predicted molar refractivity (Wildman–Crippen MR) is 185 cm³/mol. The first-order valence-electron chi connectivity index (χ1n) is 15.7. The first-order chi connectivity index (χ1) is 22.9. The summed E-state index contributed by atoms with van der Waals surface area (Å²) in [6, 6.07) is 19.3. The van der Waals surface area contributed by atoms with Crippen LogP contribution in [0.4, 0.5) is 4.79 Å². The molecular weight excluding hydrogens is 632 g/mol. The van der Waals surface area contributed by atoms with Crippen molar-refractivity contribution in [3.05, 3.63) is 100 Å². The third-order valence-electron chi connectivity index (χ3n) is 8.01. The van der Waals surface area contributed by atoms with E-state index >= 15 is 0 Å². The van der Waals surface area contributed by atoms with Crippen LogP contribution >= 0.6 is 11.6 Å². The third-order valence-corrected chi connectivity index (χ3v) is 8.27. The lowest BCUT2D eigenvalue weighted by atomic mass is 9.93. The Balaban J connectivity index is 0.00000145. The number of halogens is 1. The molecule has 6 rings (SSSR count). The summed E-state index contributed by atoms with van der Waals surface area (Å²) in [5, 5.41) is 4.36. The van der Waals surface area contributed by atoms with Gasteiger partial charge in [0.15, 0.2) is 5.78 Å². The number of urea groups is 1. The number of ether oxygens (including phenoxy) is 1. The van der Waals surface area contributed by atoms with Crippen molar-refractivity contribution in [2.75, 3.05) is 19.6 Å². The van der Waals surface area contributed by atoms with Crippen molar-refractivity contribution in [2.24, 2.45) is 10.7 Å². The average molecular weight is 671 g/mol. The zero-order valence-electron chi connectivity index (χ0n) is 27.3. The molecule has 48 heavy (non-hydrogen) atoms. The SMILES string of the molecule is CCC(=O)c1ccc(C2=NC(c3ccc(Cl)cc3)C(c3c[nH]c4ccccc34)N2C(=O)N2CCNC(=O)C2)c(OC(C)(C)C)c1.NC=O. The Morgan fingerprint density at radius 1 is 1.10 bits per heavy atom. The first kappa shape index (κ1) is 34.2. The number of para-hydroxylation sites is 1. The molecule has 4 N–H and O–H groups in total. The number of piperazine rings is 1. The molecule has 2 aliphatic heterocycles. The van der Waals surface area contributed by atoms with Gasteiger partial charge in [-0.3, -0.25) is 24.3 Å². The number of aliphatic imine (C=N–C) groups is 1. The highest BCUT2D eigenvalue weighted by atomic mass is 35.5. The quantitative estimate of drug-likeness (QED) is 0.175. The Kier molecular flexibility index (Phi) is 10.2. The van der Waals surface area contributed by atoms with Gasteiger partial charge < -0.3 is 25.7 Å². The van der Waals surface area contributed by atoms with Crippen molar-refractivity contribution >= 4 is 52.5 Å². The van der Waals surface area contributed by atoms with Crippen LogP contribution in [0.15, 0.2) is 77.9 Å². The van der Waals surface area contributed by atoms with Gasteiger partial charge in [-0.2, -0.15) is 0 Å². The number of carbonyl (C=O) groups is 4. The van der Waals surface area contributed by atoms with Crippen LogP contribution in [0, 0.1) is 0 Å². The smallest absolute Gasteiger partial charge is 0.326 e. The molecule has 2 unspecified atom stereocenters.